The molecule has 1 aliphatic carbocycles. The third-order valence-electron chi connectivity index (χ3n) is 2.56. The summed E-state index contributed by atoms with van der Waals surface area (Å²) in [5.74, 6) is 0. The highest BCUT2D eigenvalue weighted by atomic mass is 16.5. The molecule has 2 N–H and O–H groups in total. The van der Waals surface area contributed by atoms with Gasteiger partial charge in [-0.3, -0.25) is 0 Å². The summed E-state index contributed by atoms with van der Waals surface area (Å²) >= 11 is 0. The smallest absolute Gasteiger partial charge is 0.0693 e. The van der Waals surface area contributed by atoms with Gasteiger partial charge in [0.05, 0.1) is 6.10 Å². The summed E-state index contributed by atoms with van der Waals surface area (Å²) in [6, 6.07) is 0.335. The van der Waals surface area contributed by atoms with E-state index < -0.39 is 0 Å². The number of ether oxygens (including phenoxy) is 1. The first-order valence-electron chi connectivity index (χ1n) is 5.33. The van der Waals surface area contributed by atoms with Gasteiger partial charge in [-0.1, -0.05) is 0 Å². The van der Waals surface area contributed by atoms with E-state index in [1.807, 2.05) is 6.92 Å². The summed E-state index contributed by atoms with van der Waals surface area (Å²) in [6.07, 6.45) is 4.16. The zero-order valence-corrected chi connectivity index (χ0v) is 8.46. The van der Waals surface area contributed by atoms with Crippen LogP contribution >= 0.6 is 0 Å². The third-order valence-corrected chi connectivity index (χ3v) is 2.56. The molecule has 0 bridgehead atoms. The van der Waals surface area contributed by atoms with E-state index in [2.05, 4.69) is 5.32 Å². The fourth-order valence-corrected chi connectivity index (χ4v) is 1.78. The lowest BCUT2D eigenvalue weighted by atomic mass is 10.2. The van der Waals surface area contributed by atoms with Gasteiger partial charge in [0, 0.05) is 19.3 Å². The maximum absolute atomic E-state index is 9.50. The molecule has 0 heterocycles. The van der Waals surface area contributed by atoms with Crippen LogP contribution in [0.5, 0.6) is 0 Å². The van der Waals surface area contributed by atoms with Gasteiger partial charge in [0.15, 0.2) is 0 Å². The highest BCUT2D eigenvalue weighted by Crippen LogP contribution is 2.18. The summed E-state index contributed by atoms with van der Waals surface area (Å²) < 4.78 is 5.22. The normalized spacial score (nSPS) is 28.2. The van der Waals surface area contributed by atoms with Crippen LogP contribution in [0.4, 0.5) is 0 Å². The fraction of sp³-hybridized carbons (Fsp3) is 1.00. The number of nitrogens with one attached hydrogen (secondary N) is 1. The van der Waals surface area contributed by atoms with Crippen LogP contribution in [0, 0.1) is 0 Å². The summed E-state index contributed by atoms with van der Waals surface area (Å²) in [6.45, 7) is 4.59. The molecule has 2 atom stereocenters. The van der Waals surface area contributed by atoms with E-state index in [1.54, 1.807) is 0 Å². The molecule has 0 amide bonds. The zero-order valence-electron chi connectivity index (χ0n) is 8.46. The van der Waals surface area contributed by atoms with Crippen molar-refractivity contribution in [3.63, 3.8) is 0 Å². The van der Waals surface area contributed by atoms with Crippen molar-refractivity contribution in [2.45, 2.75) is 44.8 Å². The lowest BCUT2D eigenvalue weighted by Crippen LogP contribution is -2.36. The molecule has 0 unspecified atom stereocenters. The van der Waals surface area contributed by atoms with Crippen molar-refractivity contribution in [2.75, 3.05) is 19.8 Å². The second-order valence-corrected chi connectivity index (χ2v) is 3.61. The first-order chi connectivity index (χ1) is 6.34. The van der Waals surface area contributed by atoms with Crippen molar-refractivity contribution in [1.29, 1.82) is 0 Å². The Hall–Kier alpha value is -0.120. The molecular weight excluding hydrogens is 166 g/mol. The van der Waals surface area contributed by atoms with Gasteiger partial charge in [0.1, 0.15) is 0 Å². The van der Waals surface area contributed by atoms with E-state index in [1.165, 1.54) is 0 Å². The van der Waals surface area contributed by atoms with Gasteiger partial charge in [0.2, 0.25) is 0 Å². The number of aliphatic hydroxyl groups is 1. The maximum atomic E-state index is 9.50. The molecule has 0 spiro atoms. The Morgan fingerprint density at radius 3 is 2.92 bits per heavy atom. The van der Waals surface area contributed by atoms with E-state index in [0.717, 1.165) is 45.4 Å². The molecular formula is C10H21NO2. The second kappa shape index (κ2) is 6.35. The number of aliphatic hydroxyl groups excluding tert-OH is 1. The van der Waals surface area contributed by atoms with E-state index in [9.17, 15) is 5.11 Å². The lowest BCUT2D eigenvalue weighted by molar-refractivity contribution is 0.132. The first kappa shape index (κ1) is 11.0. The average molecular weight is 187 g/mol. The summed E-state index contributed by atoms with van der Waals surface area (Å²) in [5.41, 5.74) is 0. The van der Waals surface area contributed by atoms with Crippen molar-refractivity contribution in [3.05, 3.63) is 0 Å². The standard InChI is InChI=1S/C10H21NO2/c1-2-13-8-4-7-11-9-5-3-6-10(9)12/h9-12H,2-8H2,1H3/t9-,10-/m0/s1. The molecule has 3 heteroatoms. The number of rotatable bonds is 6. The third kappa shape index (κ3) is 4.07. The van der Waals surface area contributed by atoms with Gasteiger partial charge in [-0.15, -0.1) is 0 Å². The molecule has 13 heavy (non-hydrogen) atoms. The minimum atomic E-state index is -0.118. The molecule has 0 aromatic rings. The summed E-state index contributed by atoms with van der Waals surface area (Å²) in [5, 5.41) is 12.9. The molecule has 0 aliphatic heterocycles. The highest BCUT2D eigenvalue weighted by Gasteiger charge is 2.23. The van der Waals surface area contributed by atoms with Gasteiger partial charge in [0.25, 0.3) is 0 Å². The minimum absolute atomic E-state index is 0.118. The molecule has 1 fully saturated rings. The van der Waals surface area contributed by atoms with Crippen LogP contribution in [0.25, 0.3) is 0 Å². The van der Waals surface area contributed by atoms with Crippen LogP contribution < -0.4 is 5.32 Å². The van der Waals surface area contributed by atoms with Gasteiger partial charge in [-0.05, 0) is 39.2 Å². The van der Waals surface area contributed by atoms with Crippen LogP contribution in [0.1, 0.15) is 32.6 Å². The summed E-state index contributed by atoms with van der Waals surface area (Å²) in [7, 11) is 0. The van der Waals surface area contributed by atoms with Gasteiger partial charge >= 0.3 is 0 Å². The fourth-order valence-electron chi connectivity index (χ4n) is 1.78. The number of hydrogen-bond acceptors (Lipinski definition) is 3. The maximum Gasteiger partial charge on any atom is 0.0693 e. The highest BCUT2D eigenvalue weighted by molar-refractivity contribution is 4.82. The molecule has 0 aromatic carbocycles. The van der Waals surface area contributed by atoms with Crippen molar-refractivity contribution < 1.29 is 9.84 Å². The van der Waals surface area contributed by atoms with Crippen LogP contribution in [-0.2, 0) is 4.74 Å². The average Bonchev–Trinajstić information content (AvgIpc) is 2.52. The Bertz CT molecular complexity index is 130. The quantitative estimate of drug-likeness (QED) is 0.607. The van der Waals surface area contributed by atoms with E-state index in [-0.39, 0.29) is 6.10 Å². The predicted octanol–water partition coefficient (Wildman–Crippen LogP) is 0.916. The minimum Gasteiger partial charge on any atom is -0.392 e. The van der Waals surface area contributed by atoms with E-state index in [4.69, 9.17) is 4.74 Å². The van der Waals surface area contributed by atoms with Crippen molar-refractivity contribution in [3.8, 4) is 0 Å². The van der Waals surface area contributed by atoms with Crippen LogP contribution in [0.2, 0.25) is 0 Å². The Balaban J connectivity index is 1.93. The van der Waals surface area contributed by atoms with E-state index in [0.29, 0.717) is 6.04 Å². The van der Waals surface area contributed by atoms with E-state index >= 15 is 0 Å². The molecule has 3 nitrogen and oxygen atoms in total. The Labute approximate surface area is 80.5 Å². The lowest BCUT2D eigenvalue weighted by Gasteiger charge is -2.15. The Morgan fingerprint density at radius 2 is 2.31 bits per heavy atom. The van der Waals surface area contributed by atoms with Gasteiger partial charge < -0.3 is 15.2 Å². The monoisotopic (exact) mass is 187 g/mol. The first-order valence-corrected chi connectivity index (χ1v) is 5.33. The Kier molecular flexibility index (Phi) is 5.35. The zero-order chi connectivity index (χ0) is 9.52. The van der Waals surface area contributed by atoms with Gasteiger partial charge in [-0.25, -0.2) is 0 Å². The molecule has 78 valence electrons. The molecule has 1 rings (SSSR count). The van der Waals surface area contributed by atoms with Crippen molar-refractivity contribution >= 4 is 0 Å². The predicted molar refractivity (Wildman–Crippen MR) is 52.8 cm³/mol. The molecule has 0 radical (unpaired) electrons. The molecule has 1 aliphatic rings. The van der Waals surface area contributed by atoms with Crippen molar-refractivity contribution in [1.82, 2.24) is 5.32 Å². The van der Waals surface area contributed by atoms with Crippen molar-refractivity contribution in [2.24, 2.45) is 0 Å². The second-order valence-electron chi connectivity index (χ2n) is 3.61. The molecule has 0 aromatic heterocycles. The Morgan fingerprint density at radius 1 is 1.46 bits per heavy atom. The topological polar surface area (TPSA) is 41.5 Å². The van der Waals surface area contributed by atoms with Crippen LogP contribution in [0.3, 0.4) is 0 Å². The largest absolute Gasteiger partial charge is 0.392 e. The van der Waals surface area contributed by atoms with Crippen LogP contribution in [-0.4, -0.2) is 37.0 Å². The SMILES string of the molecule is CCOCCCN[C@H]1CCC[C@@H]1O. The molecule has 1 saturated carbocycles. The summed E-state index contributed by atoms with van der Waals surface area (Å²) in [4.78, 5) is 0. The van der Waals surface area contributed by atoms with Gasteiger partial charge in [-0.2, -0.15) is 0 Å². The van der Waals surface area contributed by atoms with Crippen LogP contribution in [0.15, 0.2) is 0 Å². The number of hydrogen-bond donors (Lipinski definition) is 2. The molecule has 0 saturated heterocycles.